The van der Waals surface area contributed by atoms with Crippen LogP contribution < -0.4 is 0 Å². The molecule has 8 heteroatoms. The van der Waals surface area contributed by atoms with Crippen LogP contribution in [0.5, 0.6) is 0 Å². The molecule has 0 saturated heterocycles. The van der Waals surface area contributed by atoms with Crippen molar-refractivity contribution in [3.8, 4) is 0 Å². The molecule has 200 valence electrons. The van der Waals surface area contributed by atoms with Gasteiger partial charge >= 0.3 is 23.9 Å². The quantitative estimate of drug-likeness (QED) is 0.253. The van der Waals surface area contributed by atoms with Crippen molar-refractivity contribution in [1.29, 1.82) is 0 Å². The molecule has 1 aromatic carbocycles. The number of esters is 4. The summed E-state index contributed by atoms with van der Waals surface area (Å²) in [5.74, 6) is -3.98. The molecule has 1 aliphatic rings. The van der Waals surface area contributed by atoms with Gasteiger partial charge in [0.1, 0.15) is 0 Å². The number of carbonyl (C=O) groups is 4. The molecule has 0 atom stereocenters. The maximum atomic E-state index is 13.8. The predicted octanol–water partition coefficient (Wildman–Crippen LogP) is 3.97. The zero-order valence-corrected chi connectivity index (χ0v) is 22.7. The highest BCUT2D eigenvalue weighted by Gasteiger charge is 2.74. The first-order valence-electron chi connectivity index (χ1n) is 12.9. The number of benzene rings is 1. The van der Waals surface area contributed by atoms with Crippen molar-refractivity contribution in [2.24, 2.45) is 10.8 Å². The van der Waals surface area contributed by atoms with E-state index in [2.05, 4.69) is 13.0 Å². The van der Waals surface area contributed by atoms with E-state index in [1.54, 1.807) is 27.7 Å². The topological polar surface area (TPSA) is 105 Å². The van der Waals surface area contributed by atoms with Crippen molar-refractivity contribution >= 4 is 23.9 Å². The lowest BCUT2D eigenvalue weighted by Gasteiger charge is -2.47. The van der Waals surface area contributed by atoms with Gasteiger partial charge in [0.25, 0.3) is 0 Å². The van der Waals surface area contributed by atoms with Crippen LogP contribution >= 0.6 is 0 Å². The molecule has 0 amide bonds. The normalized spacial score (nSPS) is 15.4. The van der Waals surface area contributed by atoms with Gasteiger partial charge in [0, 0.05) is 12.8 Å². The molecule has 0 heterocycles. The molecule has 1 aromatic rings. The minimum absolute atomic E-state index is 0.0525. The number of hydrogen-bond acceptors (Lipinski definition) is 8. The van der Waals surface area contributed by atoms with Crippen LogP contribution in [0.15, 0.2) is 6.07 Å². The fourth-order valence-corrected chi connectivity index (χ4v) is 5.23. The summed E-state index contributed by atoms with van der Waals surface area (Å²) in [6.07, 6.45) is 2.36. The maximum Gasteiger partial charge on any atom is 0.325 e. The molecule has 0 aromatic heterocycles. The summed E-state index contributed by atoms with van der Waals surface area (Å²) < 4.78 is 21.5. The van der Waals surface area contributed by atoms with Crippen LogP contribution in [0.2, 0.25) is 0 Å². The standard InChI is InChI=1S/C28H40O8/c1-8-13-14-20-15-18(6)21-16-27(23(29)33-9-2,24(30)34-10-3)28(25(31)35-11-4,26(32)36-12-5)17-22(21)19(20)7/h15H,8-14,16-17H2,1-7H3. The second kappa shape index (κ2) is 12.4. The summed E-state index contributed by atoms with van der Waals surface area (Å²) in [5.41, 5.74) is -0.194. The van der Waals surface area contributed by atoms with Gasteiger partial charge in [-0.2, -0.15) is 0 Å². The third kappa shape index (κ3) is 4.87. The number of aryl methyl sites for hydroxylation is 2. The fourth-order valence-electron chi connectivity index (χ4n) is 5.23. The Hall–Kier alpha value is -2.90. The van der Waals surface area contributed by atoms with Crippen molar-refractivity contribution in [3.05, 3.63) is 33.9 Å². The Morgan fingerprint density at radius 2 is 1.08 bits per heavy atom. The highest BCUT2D eigenvalue weighted by atomic mass is 16.6. The second-order valence-electron chi connectivity index (χ2n) is 9.08. The Labute approximate surface area is 214 Å². The van der Waals surface area contributed by atoms with E-state index in [-0.39, 0.29) is 39.3 Å². The average molecular weight is 505 g/mol. The van der Waals surface area contributed by atoms with E-state index in [4.69, 9.17) is 18.9 Å². The van der Waals surface area contributed by atoms with E-state index in [9.17, 15) is 19.2 Å². The third-order valence-corrected chi connectivity index (χ3v) is 7.07. The molecule has 0 saturated carbocycles. The zero-order valence-electron chi connectivity index (χ0n) is 22.7. The van der Waals surface area contributed by atoms with Crippen molar-refractivity contribution in [3.63, 3.8) is 0 Å². The highest BCUT2D eigenvalue weighted by molar-refractivity contribution is 6.15. The summed E-state index contributed by atoms with van der Waals surface area (Å²) in [6, 6.07) is 2.06. The molecule has 2 rings (SSSR count). The van der Waals surface area contributed by atoms with Crippen molar-refractivity contribution in [1.82, 2.24) is 0 Å². The lowest BCUT2D eigenvalue weighted by atomic mass is 9.53. The Bertz CT molecular complexity index is 958. The maximum absolute atomic E-state index is 13.8. The van der Waals surface area contributed by atoms with E-state index in [0.29, 0.717) is 0 Å². The molecule has 1 aliphatic carbocycles. The van der Waals surface area contributed by atoms with Crippen LogP contribution in [0, 0.1) is 24.7 Å². The fraction of sp³-hybridized carbons (Fsp3) is 0.643. The molecule has 0 bridgehead atoms. The van der Waals surface area contributed by atoms with Crippen molar-refractivity contribution < 1.29 is 38.1 Å². The van der Waals surface area contributed by atoms with E-state index < -0.39 is 34.7 Å². The smallest absolute Gasteiger partial charge is 0.325 e. The van der Waals surface area contributed by atoms with Crippen molar-refractivity contribution in [2.45, 2.75) is 80.6 Å². The molecule has 8 nitrogen and oxygen atoms in total. The summed E-state index contributed by atoms with van der Waals surface area (Å²) in [6.45, 7) is 12.2. The number of hydrogen-bond donors (Lipinski definition) is 0. The number of unbranched alkanes of at least 4 members (excludes halogenated alkanes) is 1. The number of rotatable bonds is 11. The van der Waals surface area contributed by atoms with Crippen LogP contribution in [0.1, 0.15) is 75.3 Å². The molecule has 36 heavy (non-hydrogen) atoms. The van der Waals surface area contributed by atoms with Gasteiger partial charge in [-0.1, -0.05) is 19.4 Å². The average Bonchev–Trinajstić information content (AvgIpc) is 2.84. The number of carbonyl (C=O) groups excluding carboxylic acids is 4. The molecule has 0 radical (unpaired) electrons. The van der Waals surface area contributed by atoms with Gasteiger partial charge in [0.15, 0.2) is 10.8 Å². The molecule has 0 N–H and O–H groups in total. The van der Waals surface area contributed by atoms with Gasteiger partial charge in [-0.15, -0.1) is 0 Å². The van der Waals surface area contributed by atoms with E-state index in [0.717, 1.165) is 47.1 Å². The summed E-state index contributed by atoms with van der Waals surface area (Å²) >= 11 is 0. The van der Waals surface area contributed by atoms with Gasteiger partial charge in [0.05, 0.1) is 26.4 Å². The molecule has 0 unspecified atom stereocenters. The van der Waals surface area contributed by atoms with Crippen LogP contribution in [-0.4, -0.2) is 50.3 Å². The van der Waals surface area contributed by atoms with Crippen molar-refractivity contribution in [2.75, 3.05) is 26.4 Å². The van der Waals surface area contributed by atoms with E-state index in [1.807, 2.05) is 13.8 Å². The first-order chi connectivity index (χ1) is 17.1. The summed E-state index contributed by atoms with van der Waals surface area (Å²) in [4.78, 5) is 55.1. The largest absolute Gasteiger partial charge is 0.465 e. The number of ether oxygens (including phenoxy) is 4. The van der Waals surface area contributed by atoms with E-state index in [1.165, 1.54) is 0 Å². The molecule has 0 spiro atoms. The monoisotopic (exact) mass is 504 g/mol. The third-order valence-electron chi connectivity index (χ3n) is 7.07. The predicted molar refractivity (Wildman–Crippen MR) is 133 cm³/mol. The lowest BCUT2D eigenvalue weighted by molar-refractivity contribution is -0.204. The minimum Gasteiger partial charge on any atom is -0.465 e. The Balaban J connectivity index is 3.02. The van der Waals surface area contributed by atoms with Crippen LogP contribution in [0.4, 0.5) is 0 Å². The molecular formula is C28H40O8. The zero-order chi connectivity index (χ0) is 27.1. The van der Waals surface area contributed by atoms with Gasteiger partial charge in [0.2, 0.25) is 0 Å². The van der Waals surface area contributed by atoms with Gasteiger partial charge in [-0.05, 0) is 82.2 Å². The lowest BCUT2D eigenvalue weighted by Crippen LogP contribution is -2.66. The Kier molecular flexibility index (Phi) is 10.1. The first-order valence-corrected chi connectivity index (χ1v) is 12.9. The Morgan fingerprint density at radius 1 is 0.694 bits per heavy atom. The minimum atomic E-state index is -2.30. The van der Waals surface area contributed by atoms with Gasteiger partial charge in [-0.25, -0.2) is 0 Å². The number of fused-ring (bicyclic) bond motifs is 1. The summed E-state index contributed by atoms with van der Waals surface area (Å²) in [5, 5.41) is 0. The van der Waals surface area contributed by atoms with E-state index >= 15 is 0 Å². The molecular weight excluding hydrogens is 464 g/mol. The highest BCUT2D eigenvalue weighted by Crippen LogP contribution is 2.54. The molecule has 0 aliphatic heterocycles. The van der Waals surface area contributed by atoms with Gasteiger partial charge < -0.3 is 18.9 Å². The SMILES string of the molecule is CCCCc1cc(C)c2c(c1C)CC(C(=O)OCC)(C(=O)OCC)C(C(=O)OCC)(C(=O)OCC)C2. The second-order valence-corrected chi connectivity index (χ2v) is 9.08. The Morgan fingerprint density at radius 3 is 1.44 bits per heavy atom. The van der Waals surface area contributed by atoms with Gasteiger partial charge in [-0.3, -0.25) is 19.2 Å². The first kappa shape index (κ1) is 29.3. The van der Waals surface area contributed by atoms with Crippen LogP contribution in [0.25, 0.3) is 0 Å². The molecule has 0 fully saturated rings. The van der Waals surface area contributed by atoms with Crippen LogP contribution in [-0.2, 0) is 57.4 Å². The summed E-state index contributed by atoms with van der Waals surface area (Å²) in [7, 11) is 0. The van der Waals surface area contributed by atoms with Crippen LogP contribution in [0.3, 0.4) is 0 Å².